The van der Waals surface area contributed by atoms with Gasteiger partial charge < -0.3 is 5.73 Å². The molecule has 0 heterocycles. The Morgan fingerprint density at radius 2 is 1.92 bits per heavy atom. The van der Waals surface area contributed by atoms with E-state index in [-0.39, 0.29) is 0 Å². The molecule has 2 N–H and O–H groups in total. The van der Waals surface area contributed by atoms with Gasteiger partial charge in [-0.2, -0.15) is 0 Å². The van der Waals surface area contributed by atoms with Gasteiger partial charge in [0.15, 0.2) is 0 Å². The van der Waals surface area contributed by atoms with Crippen LogP contribution in [0, 0.1) is 5.92 Å². The molecule has 0 aliphatic heterocycles. The van der Waals surface area contributed by atoms with Gasteiger partial charge in [0.1, 0.15) is 0 Å². The van der Waals surface area contributed by atoms with Gasteiger partial charge in [-0.05, 0) is 30.0 Å². The number of para-hydroxylation sites is 1. The third-order valence-corrected chi connectivity index (χ3v) is 1.97. The summed E-state index contributed by atoms with van der Waals surface area (Å²) in [7, 11) is 0. The Balaban J connectivity index is 3.02. The molecular formula is C12H17N. The summed E-state index contributed by atoms with van der Waals surface area (Å²) in [5.41, 5.74) is 9.12. The predicted octanol–water partition coefficient (Wildman–Crippen LogP) is 3.33. The maximum atomic E-state index is 5.86. The zero-order valence-corrected chi connectivity index (χ0v) is 8.54. The molecule has 13 heavy (non-hydrogen) atoms. The van der Waals surface area contributed by atoms with Crippen LogP contribution in [0.2, 0.25) is 0 Å². The molecule has 0 radical (unpaired) electrons. The second-order valence-corrected chi connectivity index (χ2v) is 3.68. The molecule has 70 valence electrons. The fraction of sp³-hybridized carbons (Fsp3) is 0.333. The molecule has 0 aliphatic rings. The molecule has 0 saturated carbocycles. The Bertz CT molecular complexity index is 311. The number of allylic oxidation sites excluding steroid dienone is 2. The van der Waals surface area contributed by atoms with Crippen LogP contribution in [-0.2, 0) is 0 Å². The first-order valence-electron chi connectivity index (χ1n) is 4.64. The molecule has 1 aromatic rings. The second-order valence-electron chi connectivity index (χ2n) is 3.68. The van der Waals surface area contributed by atoms with Crippen molar-refractivity contribution < 1.29 is 0 Å². The van der Waals surface area contributed by atoms with E-state index in [1.807, 2.05) is 18.2 Å². The van der Waals surface area contributed by atoms with E-state index in [2.05, 4.69) is 32.9 Å². The summed E-state index contributed by atoms with van der Waals surface area (Å²) in [6.07, 6.45) is 2.23. The molecule has 1 heteroatoms. The number of anilines is 1. The fourth-order valence-electron chi connectivity index (χ4n) is 1.45. The molecule has 0 bridgehead atoms. The molecule has 0 fully saturated rings. The van der Waals surface area contributed by atoms with Gasteiger partial charge in [0.05, 0.1) is 0 Å². The van der Waals surface area contributed by atoms with Gasteiger partial charge in [-0.3, -0.25) is 0 Å². The van der Waals surface area contributed by atoms with Crippen LogP contribution in [0.25, 0.3) is 5.57 Å². The normalized spacial score (nSPS) is 12.2. The molecule has 0 atom stereocenters. The molecule has 1 aromatic carbocycles. The monoisotopic (exact) mass is 175 g/mol. The number of hydrogen-bond acceptors (Lipinski definition) is 1. The minimum atomic E-state index is 0.569. The van der Waals surface area contributed by atoms with Crippen molar-refractivity contribution in [2.75, 3.05) is 5.73 Å². The number of nitrogen functional groups attached to an aromatic ring is 1. The predicted molar refractivity (Wildman–Crippen MR) is 59.3 cm³/mol. The van der Waals surface area contributed by atoms with Crippen molar-refractivity contribution in [3.05, 3.63) is 35.9 Å². The van der Waals surface area contributed by atoms with Crippen LogP contribution < -0.4 is 5.73 Å². The maximum Gasteiger partial charge on any atom is 0.0390 e. The maximum absolute atomic E-state index is 5.86. The molecule has 1 nitrogen and oxygen atoms in total. The summed E-state index contributed by atoms with van der Waals surface area (Å²) in [4.78, 5) is 0. The molecule has 0 unspecified atom stereocenters. The van der Waals surface area contributed by atoms with Crippen LogP contribution in [0.1, 0.15) is 26.3 Å². The van der Waals surface area contributed by atoms with Gasteiger partial charge in [0.25, 0.3) is 0 Å². The number of nitrogens with two attached hydrogens (primary N) is 1. The minimum Gasteiger partial charge on any atom is -0.398 e. The van der Waals surface area contributed by atoms with E-state index >= 15 is 0 Å². The van der Waals surface area contributed by atoms with Crippen molar-refractivity contribution >= 4 is 11.3 Å². The first-order valence-corrected chi connectivity index (χ1v) is 4.64. The van der Waals surface area contributed by atoms with Gasteiger partial charge in [-0.1, -0.05) is 38.1 Å². The molecule has 0 aromatic heterocycles. The Hall–Kier alpha value is -1.24. The Morgan fingerprint density at radius 1 is 1.31 bits per heavy atom. The second kappa shape index (κ2) is 4.13. The van der Waals surface area contributed by atoms with E-state index in [0.717, 1.165) is 11.3 Å². The first kappa shape index (κ1) is 9.85. The summed E-state index contributed by atoms with van der Waals surface area (Å²) >= 11 is 0. The summed E-state index contributed by atoms with van der Waals surface area (Å²) in [6, 6.07) is 7.97. The zero-order valence-electron chi connectivity index (χ0n) is 8.54. The minimum absolute atomic E-state index is 0.569. The lowest BCUT2D eigenvalue weighted by Crippen LogP contribution is -1.92. The lowest BCUT2D eigenvalue weighted by molar-refractivity contribution is 0.833. The van der Waals surface area contributed by atoms with E-state index < -0.39 is 0 Å². The molecule has 1 rings (SSSR count). The van der Waals surface area contributed by atoms with E-state index in [1.54, 1.807) is 0 Å². The highest BCUT2D eigenvalue weighted by Crippen LogP contribution is 2.21. The number of rotatable bonds is 2. The lowest BCUT2D eigenvalue weighted by atomic mass is 10.0. The van der Waals surface area contributed by atoms with E-state index in [9.17, 15) is 0 Å². The third kappa shape index (κ3) is 2.62. The van der Waals surface area contributed by atoms with Crippen molar-refractivity contribution in [3.8, 4) is 0 Å². The van der Waals surface area contributed by atoms with Crippen molar-refractivity contribution in [2.24, 2.45) is 5.92 Å². The van der Waals surface area contributed by atoms with Crippen LogP contribution in [0.15, 0.2) is 30.3 Å². The average Bonchev–Trinajstić information content (AvgIpc) is 2.03. The molecule has 0 spiro atoms. The standard InChI is InChI=1S/C12H17N/c1-9(2)8-10(3)11-6-4-5-7-12(11)13/h4-9H,13H2,1-3H3/b10-8+. The van der Waals surface area contributed by atoms with Gasteiger partial charge >= 0.3 is 0 Å². The molecular weight excluding hydrogens is 158 g/mol. The summed E-state index contributed by atoms with van der Waals surface area (Å²) in [6.45, 7) is 6.44. The van der Waals surface area contributed by atoms with Crippen LogP contribution in [0.3, 0.4) is 0 Å². The van der Waals surface area contributed by atoms with Crippen LogP contribution in [0.4, 0.5) is 5.69 Å². The van der Waals surface area contributed by atoms with E-state index in [1.165, 1.54) is 5.57 Å². The molecule has 0 saturated heterocycles. The highest BCUT2D eigenvalue weighted by Gasteiger charge is 1.99. The highest BCUT2D eigenvalue weighted by atomic mass is 14.6. The largest absolute Gasteiger partial charge is 0.398 e. The highest BCUT2D eigenvalue weighted by molar-refractivity contribution is 5.73. The fourth-order valence-corrected chi connectivity index (χ4v) is 1.45. The quantitative estimate of drug-likeness (QED) is 0.685. The van der Waals surface area contributed by atoms with Crippen molar-refractivity contribution in [1.82, 2.24) is 0 Å². The summed E-state index contributed by atoms with van der Waals surface area (Å²) < 4.78 is 0. The van der Waals surface area contributed by atoms with Crippen LogP contribution >= 0.6 is 0 Å². The van der Waals surface area contributed by atoms with Crippen molar-refractivity contribution in [3.63, 3.8) is 0 Å². The van der Waals surface area contributed by atoms with Gasteiger partial charge in [-0.15, -0.1) is 0 Å². The number of hydrogen-bond donors (Lipinski definition) is 1. The summed E-state index contributed by atoms with van der Waals surface area (Å²) in [5.74, 6) is 0.569. The third-order valence-electron chi connectivity index (χ3n) is 1.97. The zero-order chi connectivity index (χ0) is 9.84. The molecule has 0 aliphatic carbocycles. The first-order chi connectivity index (χ1) is 6.11. The van der Waals surface area contributed by atoms with Gasteiger partial charge in [0.2, 0.25) is 0 Å². The number of benzene rings is 1. The van der Waals surface area contributed by atoms with Crippen molar-refractivity contribution in [1.29, 1.82) is 0 Å². The average molecular weight is 175 g/mol. The molecule has 0 amide bonds. The Labute approximate surface area is 80.3 Å². The lowest BCUT2D eigenvalue weighted by Gasteiger charge is -2.06. The van der Waals surface area contributed by atoms with E-state index in [4.69, 9.17) is 5.73 Å². The summed E-state index contributed by atoms with van der Waals surface area (Å²) in [5, 5.41) is 0. The van der Waals surface area contributed by atoms with Crippen LogP contribution in [-0.4, -0.2) is 0 Å². The topological polar surface area (TPSA) is 26.0 Å². The van der Waals surface area contributed by atoms with Crippen molar-refractivity contribution in [2.45, 2.75) is 20.8 Å². The Kier molecular flexibility index (Phi) is 3.13. The Morgan fingerprint density at radius 3 is 2.46 bits per heavy atom. The van der Waals surface area contributed by atoms with E-state index in [0.29, 0.717) is 5.92 Å². The van der Waals surface area contributed by atoms with Gasteiger partial charge in [-0.25, -0.2) is 0 Å². The smallest absolute Gasteiger partial charge is 0.0390 e. The van der Waals surface area contributed by atoms with Crippen LogP contribution in [0.5, 0.6) is 0 Å². The van der Waals surface area contributed by atoms with Gasteiger partial charge in [0, 0.05) is 5.69 Å². The SMILES string of the molecule is C/C(=C\C(C)C)c1ccccc1N.